The number of aryl methyl sites for hydroxylation is 1. The highest BCUT2D eigenvalue weighted by molar-refractivity contribution is 5.63. The normalized spacial score (nSPS) is 10.2. The quantitative estimate of drug-likeness (QED) is 0.768. The van der Waals surface area contributed by atoms with Crippen LogP contribution in [0.3, 0.4) is 0 Å². The molecule has 0 bridgehead atoms. The molecule has 0 aliphatic rings. The molecule has 0 atom stereocenters. The average molecular weight is 261 g/mol. The van der Waals surface area contributed by atoms with Crippen molar-refractivity contribution >= 4 is 11.5 Å². The lowest BCUT2D eigenvalue weighted by Gasteiger charge is -2.08. The molecule has 0 spiro atoms. The summed E-state index contributed by atoms with van der Waals surface area (Å²) in [6.07, 6.45) is 0. The van der Waals surface area contributed by atoms with E-state index in [1.165, 1.54) is 5.56 Å². The zero-order valence-corrected chi connectivity index (χ0v) is 11.2. The van der Waals surface area contributed by atoms with Gasteiger partial charge in [-0.2, -0.15) is 0 Å². The van der Waals surface area contributed by atoms with Gasteiger partial charge in [0.1, 0.15) is 0 Å². The number of nitrogens with one attached hydrogen (secondary N) is 1. The lowest BCUT2D eigenvalue weighted by Crippen LogP contribution is -1.97. The van der Waals surface area contributed by atoms with Gasteiger partial charge in [0, 0.05) is 11.3 Å². The van der Waals surface area contributed by atoms with Gasteiger partial charge in [0.15, 0.2) is 5.82 Å². The van der Waals surface area contributed by atoms with Crippen LogP contribution in [0.15, 0.2) is 66.7 Å². The van der Waals surface area contributed by atoms with Crippen LogP contribution < -0.4 is 5.32 Å². The zero-order chi connectivity index (χ0) is 13.8. The minimum atomic E-state index is 0.749. The Morgan fingerprint density at radius 1 is 0.750 bits per heavy atom. The highest BCUT2D eigenvalue weighted by atomic mass is 15.2. The maximum absolute atomic E-state index is 4.26. The minimum Gasteiger partial charge on any atom is -0.339 e. The van der Waals surface area contributed by atoms with E-state index in [0.29, 0.717) is 0 Å². The Balaban J connectivity index is 1.82. The van der Waals surface area contributed by atoms with Crippen molar-refractivity contribution in [3.63, 3.8) is 0 Å². The molecule has 3 nitrogen and oxygen atoms in total. The van der Waals surface area contributed by atoms with Gasteiger partial charge in [0.05, 0.1) is 5.69 Å². The Morgan fingerprint density at radius 3 is 2.20 bits per heavy atom. The van der Waals surface area contributed by atoms with Crippen LogP contribution in [0.5, 0.6) is 0 Å². The Morgan fingerprint density at radius 2 is 1.50 bits per heavy atom. The molecule has 20 heavy (non-hydrogen) atoms. The first-order chi connectivity index (χ1) is 9.83. The summed E-state index contributed by atoms with van der Waals surface area (Å²) in [6, 6.07) is 22.1. The summed E-state index contributed by atoms with van der Waals surface area (Å²) in [5.41, 5.74) is 4.18. The molecule has 1 heterocycles. The smallest absolute Gasteiger partial charge is 0.153 e. The van der Waals surface area contributed by atoms with Gasteiger partial charge in [0.25, 0.3) is 0 Å². The lowest BCUT2D eigenvalue weighted by molar-refractivity contribution is 1.04. The zero-order valence-electron chi connectivity index (χ0n) is 11.2. The highest BCUT2D eigenvalue weighted by Gasteiger charge is 2.02. The van der Waals surface area contributed by atoms with Gasteiger partial charge in [-0.3, -0.25) is 0 Å². The standard InChI is InChI=1S/C17H15N3/c1-13-7-5-6-10-15(13)18-17-12-11-16(19-20-17)14-8-3-2-4-9-14/h2-12H,1H3,(H,18,20). The van der Waals surface area contributed by atoms with Gasteiger partial charge in [-0.25, -0.2) is 0 Å². The second kappa shape index (κ2) is 5.53. The molecule has 0 saturated heterocycles. The van der Waals surface area contributed by atoms with Crippen LogP contribution >= 0.6 is 0 Å². The van der Waals surface area contributed by atoms with Crippen molar-refractivity contribution in [1.29, 1.82) is 0 Å². The molecule has 0 amide bonds. The molecule has 1 N–H and O–H groups in total. The number of nitrogens with zero attached hydrogens (tertiary/aromatic N) is 2. The molecule has 0 fully saturated rings. The fourth-order valence-electron chi connectivity index (χ4n) is 2.01. The third-order valence-electron chi connectivity index (χ3n) is 3.14. The highest BCUT2D eigenvalue weighted by Crippen LogP contribution is 2.20. The van der Waals surface area contributed by atoms with Crippen LogP contribution in [-0.4, -0.2) is 10.2 Å². The third-order valence-corrected chi connectivity index (χ3v) is 3.14. The van der Waals surface area contributed by atoms with Gasteiger partial charge in [-0.1, -0.05) is 48.5 Å². The average Bonchev–Trinajstić information content (AvgIpc) is 2.51. The molecule has 3 heteroatoms. The molecule has 98 valence electrons. The fraction of sp³-hybridized carbons (Fsp3) is 0.0588. The maximum atomic E-state index is 4.26. The van der Waals surface area contributed by atoms with Gasteiger partial charge in [0.2, 0.25) is 0 Å². The van der Waals surface area contributed by atoms with Crippen LogP contribution in [0.25, 0.3) is 11.3 Å². The van der Waals surface area contributed by atoms with E-state index < -0.39 is 0 Å². The van der Waals surface area contributed by atoms with E-state index in [1.54, 1.807) is 0 Å². The minimum absolute atomic E-state index is 0.749. The van der Waals surface area contributed by atoms with Crippen molar-refractivity contribution in [2.24, 2.45) is 0 Å². The monoisotopic (exact) mass is 261 g/mol. The largest absolute Gasteiger partial charge is 0.339 e. The third kappa shape index (κ3) is 2.67. The van der Waals surface area contributed by atoms with E-state index in [4.69, 9.17) is 0 Å². The topological polar surface area (TPSA) is 37.8 Å². The molecule has 2 aromatic carbocycles. The van der Waals surface area contributed by atoms with Crippen molar-refractivity contribution in [2.45, 2.75) is 6.92 Å². The maximum Gasteiger partial charge on any atom is 0.153 e. The van der Waals surface area contributed by atoms with Crippen LogP contribution in [0.2, 0.25) is 0 Å². The SMILES string of the molecule is Cc1ccccc1Nc1ccc(-c2ccccc2)nn1. The van der Waals surface area contributed by atoms with Gasteiger partial charge in [-0.05, 0) is 30.7 Å². The number of rotatable bonds is 3. The Kier molecular flexibility index (Phi) is 3.42. The van der Waals surface area contributed by atoms with E-state index in [-0.39, 0.29) is 0 Å². The molecule has 1 aromatic heterocycles. The lowest BCUT2D eigenvalue weighted by atomic mass is 10.1. The molecule has 3 aromatic rings. The van der Waals surface area contributed by atoms with Crippen molar-refractivity contribution in [1.82, 2.24) is 10.2 Å². The summed E-state index contributed by atoms with van der Waals surface area (Å²) in [5.74, 6) is 0.749. The molecule has 0 radical (unpaired) electrons. The molecular formula is C17H15N3. The predicted molar refractivity (Wildman–Crippen MR) is 81.9 cm³/mol. The van der Waals surface area contributed by atoms with Crippen LogP contribution in [0.4, 0.5) is 11.5 Å². The van der Waals surface area contributed by atoms with Gasteiger partial charge in [-0.15, -0.1) is 10.2 Å². The second-order valence-electron chi connectivity index (χ2n) is 4.61. The van der Waals surface area contributed by atoms with Gasteiger partial charge < -0.3 is 5.32 Å². The summed E-state index contributed by atoms with van der Waals surface area (Å²) in [6.45, 7) is 2.06. The first kappa shape index (κ1) is 12.4. The van der Waals surface area contributed by atoms with Crippen LogP contribution in [0.1, 0.15) is 5.56 Å². The number of hydrogen-bond acceptors (Lipinski definition) is 3. The van der Waals surface area contributed by atoms with Crippen LogP contribution in [0, 0.1) is 6.92 Å². The Hall–Kier alpha value is -2.68. The Labute approximate surface area is 118 Å². The first-order valence-corrected chi connectivity index (χ1v) is 6.55. The number of hydrogen-bond donors (Lipinski definition) is 1. The predicted octanol–water partition coefficient (Wildman–Crippen LogP) is 4.20. The number of aromatic nitrogens is 2. The second-order valence-corrected chi connectivity index (χ2v) is 4.61. The van der Waals surface area contributed by atoms with Crippen LogP contribution in [-0.2, 0) is 0 Å². The summed E-state index contributed by atoms with van der Waals surface area (Å²) < 4.78 is 0. The molecule has 3 rings (SSSR count). The summed E-state index contributed by atoms with van der Waals surface area (Å²) >= 11 is 0. The van der Waals surface area contributed by atoms with Crippen molar-refractivity contribution in [2.75, 3.05) is 5.32 Å². The van der Waals surface area contributed by atoms with E-state index in [2.05, 4.69) is 28.5 Å². The van der Waals surface area contributed by atoms with Gasteiger partial charge >= 0.3 is 0 Å². The summed E-state index contributed by atoms with van der Waals surface area (Å²) in [5, 5.41) is 11.8. The molecule has 0 aliphatic heterocycles. The molecule has 0 saturated carbocycles. The van der Waals surface area contributed by atoms with Crippen molar-refractivity contribution < 1.29 is 0 Å². The molecule has 0 aliphatic carbocycles. The van der Waals surface area contributed by atoms with Crippen molar-refractivity contribution in [3.8, 4) is 11.3 Å². The number of anilines is 2. The van der Waals surface area contributed by atoms with E-state index in [1.807, 2.05) is 60.7 Å². The number of benzene rings is 2. The van der Waals surface area contributed by atoms with E-state index in [9.17, 15) is 0 Å². The molecule has 0 unspecified atom stereocenters. The molecular weight excluding hydrogens is 246 g/mol. The van der Waals surface area contributed by atoms with E-state index in [0.717, 1.165) is 22.8 Å². The number of para-hydroxylation sites is 1. The first-order valence-electron chi connectivity index (χ1n) is 6.55. The van der Waals surface area contributed by atoms with E-state index >= 15 is 0 Å². The van der Waals surface area contributed by atoms with Crippen molar-refractivity contribution in [3.05, 3.63) is 72.3 Å². The fourth-order valence-corrected chi connectivity index (χ4v) is 2.01. The summed E-state index contributed by atoms with van der Waals surface area (Å²) in [4.78, 5) is 0. The Bertz CT molecular complexity index is 691. The summed E-state index contributed by atoms with van der Waals surface area (Å²) in [7, 11) is 0.